The van der Waals surface area contributed by atoms with Gasteiger partial charge in [0.05, 0.1) is 18.2 Å². The molecule has 9 heteroatoms. The molecule has 4 atom stereocenters. The summed E-state index contributed by atoms with van der Waals surface area (Å²) in [5, 5.41) is 11.1. The van der Waals surface area contributed by atoms with E-state index in [0.29, 0.717) is 23.3 Å². The predicted molar refractivity (Wildman–Crippen MR) is 132 cm³/mol. The number of nitrogens with zero attached hydrogens (tertiary/aromatic N) is 2. The zero-order chi connectivity index (χ0) is 23.8. The Bertz CT molecular complexity index is 914. The van der Waals surface area contributed by atoms with E-state index in [1.54, 1.807) is 18.0 Å². The van der Waals surface area contributed by atoms with Crippen molar-refractivity contribution < 1.29 is 19.0 Å². The highest BCUT2D eigenvalue weighted by Crippen LogP contribution is 2.41. The average Bonchev–Trinajstić information content (AvgIpc) is 3.37. The van der Waals surface area contributed by atoms with Gasteiger partial charge in [-0.3, -0.25) is 4.98 Å². The van der Waals surface area contributed by atoms with Crippen molar-refractivity contribution in [3.63, 3.8) is 0 Å². The van der Waals surface area contributed by atoms with Gasteiger partial charge in [0.2, 0.25) is 5.95 Å². The second kappa shape index (κ2) is 13.0. The number of carbonyl (C=O) groups excluding carboxylic acids is 1. The third-order valence-corrected chi connectivity index (χ3v) is 8.96. The first-order valence-electron chi connectivity index (χ1n) is 11.6. The fourth-order valence-corrected chi connectivity index (χ4v) is 7.01. The van der Waals surface area contributed by atoms with Gasteiger partial charge < -0.3 is 9.84 Å². The van der Waals surface area contributed by atoms with Crippen LogP contribution in [-0.2, 0) is 11.2 Å². The molecule has 33 heavy (non-hydrogen) atoms. The first-order valence-corrected chi connectivity index (χ1v) is 13.8. The second-order valence-corrected chi connectivity index (χ2v) is 11.3. The standard InChI is InChI=1S/C24H32ClFN2O3S2/c1-3-4-7-20(29)16-11-17(13-27-12-16)32-14-18-15(9-10-19(18)25)6-5-8-21-28-23(26)22(33-21)24(30)31-2/h11-13,15,18-20,29H,3-10,14H2,1-2H3/t15-,18+,19?,20?/m0/s1. The van der Waals surface area contributed by atoms with E-state index in [0.717, 1.165) is 72.5 Å². The number of hydrogen-bond acceptors (Lipinski definition) is 7. The van der Waals surface area contributed by atoms with E-state index in [-0.39, 0.29) is 10.3 Å². The monoisotopic (exact) mass is 514 g/mol. The molecular weight excluding hydrogens is 483 g/mol. The second-order valence-electron chi connectivity index (χ2n) is 8.55. The summed E-state index contributed by atoms with van der Waals surface area (Å²) < 4.78 is 18.4. The van der Waals surface area contributed by atoms with Crippen LogP contribution in [0.3, 0.4) is 0 Å². The number of ether oxygens (including phenoxy) is 1. The quantitative estimate of drug-likeness (QED) is 0.200. The summed E-state index contributed by atoms with van der Waals surface area (Å²) in [6.07, 6.45) is 10.6. The minimum atomic E-state index is -0.742. The van der Waals surface area contributed by atoms with Crippen molar-refractivity contribution in [1.29, 1.82) is 0 Å². The van der Waals surface area contributed by atoms with Crippen molar-refractivity contribution in [1.82, 2.24) is 9.97 Å². The number of thiazole rings is 1. The van der Waals surface area contributed by atoms with Crippen LogP contribution >= 0.6 is 34.7 Å². The Hall–Kier alpha value is -1.22. The van der Waals surface area contributed by atoms with Crippen LogP contribution in [0, 0.1) is 17.8 Å². The highest BCUT2D eigenvalue weighted by molar-refractivity contribution is 7.99. The predicted octanol–water partition coefficient (Wildman–Crippen LogP) is 6.44. The molecule has 1 saturated carbocycles. The molecule has 5 nitrogen and oxygen atoms in total. The Balaban J connectivity index is 1.51. The van der Waals surface area contributed by atoms with Crippen LogP contribution < -0.4 is 0 Å². The highest BCUT2D eigenvalue weighted by Gasteiger charge is 2.34. The summed E-state index contributed by atoms with van der Waals surface area (Å²) in [5.41, 5.74) is 0.876. The molecular formula is C24H32ClFN2O3S2. The van der Waals surface area contributed by atoms with E-state index in [4.69, 9.17) is 11.6 Å². The smallest absolute Gasteiger partial charge is 0.352 e. The molecule has 2 heterocycles. The van der Waals surface area contributed by atoms with E-state index >= 15 is 0 Å². The molecule has 1 N–H and O–H groups in total. The van der Waals surface area contributed by atoms with E-state index in [1.165, 1.54) is 7.11 Å². The Morgan fingerprint density at radius 1 is 1.39 bits per heavy atom. The first-order chi connectivity index (χ1) is 15.9. The summed E-state index contributed by atoms with van der Waals surface area (Å²) in [5.74, 6) is 0.395. The Kier molecular flexibility index (Phi) is 10.4. The maximum atomic E-state index is 13.8. The molecule has 1 fully saturated rings. The van der Waals surface area contributed by atoms with Crippen LogP contribution in [0.2, 0.25) is 0 Å². The van der Waals surface area contributed by atoms with Crippen LogP contribution in [-0.4, -0.2) is 39.3 Å². The Morgan fingerprint density at radius 2 is 2.21 bits per heavy atom. The summed E-state index contributed by atoms with van der Waals surface area (Å²) in [4.78, 5) is 20.8. The average molecular weight is 515 g/mol. The van der Waals surface area contributed by atoms with Gasteiger partial charge in [-0.25, -0.2) is 9.78 Å². The maximum Gasteiger partial charge on any atom is 0.352 e. The van der Waals surface area contributed by atoms with Gasteiger partial charge in [0, 0.05) is 28.4 Å². The number of unbranched alkanes of at least 4 members (excludes halogenated alkanes) is 1. The van der Waals surface area contributed by atoms with Crippen molar-refractivity contribution in [2.45, 2.75) is 74.7 Å². The SMILES string of the molecule is CCCCC(O)c1cncc(SC[C@H]2C(Cl)CC[C@@H]2CCCc2nc(F)c(C(=O)OC)s2)c1. The largest absolute Gasteiger partial charge is 0.465 e. The van der Waals surface area contributed by atoms with Gasteiger partial charge in [0.1, 0.15) is 0 Å². The van der Waals surface area contributed by atoms with Crippen molar-refractivity contribution in [2.75, 3.05) is 12.9 Å². The Morgan fingerprint density at radius 3 is 2.97 bits per heavy atom. The summed E-state index contributed by atoms with van der Waals surface area (Å²) in [6, 6.07) is 2.04. The molecule has 2 aromatic heterocycles. The number of hydrogen-bond donors (Lipinski definition) is 1. The maximum absolute atomic E-state index is 13.8. The number of rotatable bonds is 12. The summed E-state index contributed by atoms with van der Waals surface area (Å²) in [7, 11) is 1.24. The molecule has 2 aromatic rings. The number of esters is 1. The minimum Gasteiger partial charge on any atom is -0.465 e. The van der Waals surface area contributed by atoms with Crippen molar-refractivity contribution in [3.8, 4) is 0 Å². The van der Waals surface area contributed by atoms with Crippen LogP contribution in [0.5, 0.6) is 0 Å². The van der Waals surface area contributed by atoms with Gasteiger partial charge in [0.25, 0.3) is 0 Å². The number of methoxy groups -OCH3 is 1. The fraction of sp³-hybridized carbons (Fsp3) is 0.625. The van der Waals surface area contributed by atoms with Gasteiger partial charge in [-0.15, -0.1) is 34.7 Å². The topological polar surface area (TPSA) is 72.3 Å². The van der Waals surface area contributed by atoms with E-state index in [9.17, 15) is 14.3 Å². The molecule has 0 radical (unpaired) electrons. The molecule has 0 amide bonds. The van der Waals surface area contributed by atoms with Crippen molar-refractivity contribution in [3.05, 3.63) is 39.9 Å². The first kappa shape index (κ1) is 26.4. The van der Waals surface area contributed by atoms with E-state index < -0.39 is 18.0 Å². The molecule has 3 rings (SSSR count). The molecule has 1 aliphatic rings. The number of alkyl halides is 1. The number of pyridine rings is 1. The third kappa shape index (κ3) is 7.38. The lowest BCUT2D eigenvalue weighted by Gasteiger charge is -2.21. The molecule has 1 aliphatic carbocycles. The van der Waals surface area contributed by atoms with E-state index in [2.05, 4.69) is 21.6 Å². The number of aryl methyl sites for hydroxylation is 1. The van der Waals surface area contributed by atoms with Crippen LogP contribution in [0.1, 0.15) is 78.2 Å². The molecule has 0 aromatic carbocycles. The summed E-state index contributed by atoms with van der Waals surface area (Å²) >= 11 is 9.49. The molecule has 182 valence electrons. The number of aliphatic hydroxyl groups is 1. The van der Waals surface area contributed by atoms with Crippen LogP contribution in [0.25, 0.3) is 0 Å². The molecule has 2 unspecified atom stereocenters. The lowest BCUT2D eigenvalue weighted by molar-refractivity contribution is 0.0601. The van der Waals surface area contributed by atoms with Crippen molar-refractivity contribution in [2.24, 2.45) is 11.8 Å². The number of aliphatic hydroxyl groups excluding tert-OH is 1. The molecule has 0 aliphatic heterocycles. The van der Waals surface area contributed by atoms with Crippen LogP contribution in [0.4, 0.5) is 4.39 Å². The normalized spacial score (nSPS) is 21.3. The van der Waals surface area contributed by atoms with Gasteiger partial charge in [-0.2, -0.15) is 4.39 Å². The Labute approximate surface area is 208 Å². The fourth-order valence-electron chi connectivity index (χ4n) is 4.33. The lowest BCUT2D eigenvalue weighted by atomic mass is 9.92. The molecule has 0 saturated heterocycles. The number of aromatic nitrogens is 2. The highest BCUT2D eigenvalue weighted by atomic mass is 35.5. The zero-order valence-corrected chi connectivity index (χ0v) is 21.5. The van der Waals surface area contributed by atoms with Gasteiger partial charge >= 0.3 is 5.97 Å². The third-order valence-electron chi connectivity index (χ3n) is 6.24. The lowest BCUT2D eigenvalue weighted by Crippen LogP contribution is -2.18. The van der Waals surface area contributed by atoms with Crippen molar-refractivity contribution >= 4 is 40.7 Å². The zero-order valence-electron chi connectivity index (χ0n) is 19.1. The summed E-state index contributed by atoms with van der Waals surface area (Å²) in [6.45, 7) is 2.12. The van der Waals surface area contributed by atoms with Gasteiger partial charge in [-0.05, 0) is 62.0 Å². The number of thioether (sulfide) groups is 1. The van der Waals surface area contributed by atoms with Gasteiger partial charge in [0.15, 0.2) is 4.88 Å². The van der Waals surface area contributed by atoms with E-state index in [1.807, 2.05) is 12.3 Å². The number of halogens is 2. The molecule has 0 spiro atoms. The minimum absolute atomic E-state index is 0.0564. The molecule has 0 bridgehead atoms. The van der Waals surface area contributed by atoms with Crippen LogP contribution in [0.15, 0.2) is 23.4 Å². The number of carbonyl (C=O) groups is 1. The van der Waals surface area contributed by atoms with Gasteiger partial charge in [-0.1, -0.05) is 19.8 Å².